The Hall–Kier alpha value is -2.24. The van der Waals surface area contributed by atoms with E-state index < -0.39 is 5.97 Å². The van der Waals surface area contributed by atoms with Gasteiger partial charge in [-0.25, -0.2) is 0 Å². The van der Waals surface area contributed by atoms with E-state index in [4.69, 9.17) is 14.6 Å². The van der Waals surface area contributed by atoms with Crippen LogP contribution in [-0.2, 0) is 9.59 Å². The van der Waals surface area contributed by atoms with Gasteiger partial charge >= 0.3 is 5.97 Å². The average molecular weight is 295 g/mol. The quantitative estimate of drug-likeness (QED) is 0.726. The zero-order chi connectivity index (χ0) is 15.7. The predicted molar refractivity (Wildman–Crippen MR) is 77.6 cm³/mol. The maximum absolute atomic E-state index is 11.6. The predicted octanol–water partition coefficient (Wildman–Crippen LogP) is 1.83. The molecular formula is C15H21NO5. The Balaban J connectivity index is 2.21. The third-order valence-electron chi connectivity index (χ3n) is 2.86. The molecule has 1 aromatic rings. The molecule has 0 spiro atoms. The maximum Gasteiger partial charge on any atom is 0.303 e. The zero-order valence-corrected chi connectivity index (χ0v) is 12.3. The standard InChI is InChI=1S/C15H21NO5/c1-11(3-8-15(18)19)16-14(17)9-10-21-13-6-4-12(20-2)5-7-13/h4-7,11H,3,8-10H2,1-2H3,(H,16,17)(H,18,19). The fraction of sp³-hybridized carbons (Fsp3) is 0.467. The SMILES string of the molecule is COc1ccc(OCCC(=O)NC(C)CCC(=O)O)cc1. The molecule has 1 atom stereocenters. The number of hydrogen-bond acceptors (Lipinski definition) is 4. The number of rotatable bonds is 9. The van der Waals surface area contributed by atoms with E-state index in [1.165, 1.54) is 0 Å². The van der Waals surface area contributed by atoms with Gasteiger partial charge in [0.25, 0.3) is 0 Å². The average Bonchev–Trinajstić information content (AvgIpc) is 2.46. The summed E-state index contributed by atoms with van der Waals surface area (Å²) >= 11 is 0. The molecule has 0 saturated heterocycles. The maximum atomic E-state index is 11.6. The van der Waals surface area contributed by atoms with Gasteiger partial charge in [-0.15, -0.1) is 0 Å². The molecule has 116 valence electrons. The van der Waals surface area contributed by atoms with Crippen molar-refractivity contribution < 1.29 is 24.2 Å². The van der Waals surface area contributed by atoms with E-state index in [0.29, 0.717) is 12.2 Å². The van der Waals surface area contributed by atoms with E-state index >= 15 is 0 Å². The zero-order valence-electron chi connectivity index (χ0n) is 12.3. The number of methoxy groups -OCH3 is 1. The summed E-state index contributed by atoms with van der Waals surface area (Å²) < 4.78 is 10.5. The molecule has 0 aliphatic heterocycles. The smallest absolute Gasteiger partial charge is 0.303 e. The van der Waals surface area contributed by atoms with Gasteiger partial charge in [0, 0.05) is 12.5 Å². The van der Waals surface area contributed by atoms with Crippen LogP contribution in [0.5, 0.6) is 11.5 Å². The second-order valence-corrected chi connectivity index (χ2v) is 4.67. The van der Waals surface area contributed by atoms with Crippen molar-refractivity contribution in [1.29, 1.82) is 0 Å². The van der Waals surface area contributed by atoms with Crippen LogP contribution in [-0.4, -0.2) is 36.7 Å². The Morgan fingerprint density at radius 1 is 1.19 bits per heavy atom. The molecule has 0 saturated carbocycles. The molecule has 0 aliphatic rings. The summed E-state index contributed by atoms with van der Waals surface area (Å²) in [5, 5.41) is 11.3. The summed E-state index contributed by atoms with van der Waals surface area (Å²) in [4.78, 5) is 22.1. The van der Waals surface area contributed by atoms with Gasteiger partial charge in [0.15, 0.2) is 0 Å². The molecule has 0 aromatic heterocycles. The molecule has 1 aromatic carbocycles. The Morgan fingerprint density at radius 2 is 1.81 bits per heavy atom. The molecular weight excluding hydrogens is 274 g/mol. The van der Waals surface area contributed by atoms with Gasteiger partial charge in [0.05, 0.1) is 20.1 Å². The molecule has 0 aliphatic carbocycles. The van der Waals surface area contributed by atoms with Crippen LogP contribution in [0.2, 0.25) is 0 Å². The minimum absolute atomic E-state index is 0.0454. The van der Waals surface area contributed by atoms with Crippen molar-refractivity contribution in [2.75, 3.05) is 13.7 Å². The Kier molecular flexibility index (Phi) is 7.08. The first kappa shape index (κ1) is 16.8. The lowest BCUT2D eigenvalue weighted by atomic mass is 10.2. The number of ether oxygens (including phenoxy) is 2. The van der Waals surface area contributed by atoms with Crippen molar-refractivity contribution >= 4 is 11.9 Å². The third-order valence-corrected chi connectivity index (χ3v) is 2.86. The van der Waals surface area contributed by atoms with E-state index in [1.54, 1.807) is 38.3 Å². The number of carboxylic acid groups (broad SMARTS) is 1. The number of benzene rings is 1. The van der Waals surface area contributed by atoms with Crippen LogP contribution in [0.4, 0.5) is 0 Å². The lowest BCUT2D eigenvalue weighted by molar-refractivity contribution is -0.137. The number of aliphatic carboxylic acids is 1. The second kappa shape index (κ2) is 8.84. The number of amides is 1. The molecule has 6 heteroatoms. The van der Waals surface area contributed by atoms with Gasteiger partial charge < -0.3 is 19.9 Å². The van der Waals surface area contributed by atoms with Crippen LogP contribution in [0.3, 0.4) is 0 Å². The molecule has 0 heterocycles. The van der Waals surface area contributed by atoms with Gasteiger partial charge in [-0.05, 0) is 37.6 Å². The van der Waals surface area contributed by atoms with Crippen LogP contribution < -0.4 is 14.8 Å². The summed E-state index contributed by atoms with van der Waals surface area (Å²) in [6.45, 7) is 2.05. The second-order valence-electron chi connectivity index (χ2n) is 4.67. The first-order valence-electron chi connectivity index (χ1n) is 6.79. The van der Waals surface area contributed by atoms with Crippen LogP contribution in [0.15, 0.2) is 24.3 Å². The highest BCUT2D eigenvalue weighted by molar-refractivity contribution is 5.76. The van der Waals surface area contributed by atoms with Crippen molar-refractivity contribution in [3.05, 3.63) is 24.3 Å². The van der Waals surface area contributed by atoms with Gasteiger partial charge in [0.2, 0.25) is 5.91 Å². The van der Waals surface area contributed by atoms with Crippen molar-refractivity contribution in [3.63, 3.8) is 0 Å². The molecule has 21 heavy (non-hydrogen) atoms. The largest absolute Gasteiger partial charge is 0.497 e. The molecule has 0 bridgehead atoms. The molecule has 0 fully saturated rings. The van der Waals surface area contributed by atoms with Crippen LogP contribution in [0, 0.1) is 0 Å². The number of carbonyl (C=O) groups excluding carboxylic acids is 1. The van der Waals surface area contributed by atoms with E-state index in [2.05, 4.69) is 5.32 Å². The number of carboxylic acids is 1. The molecule has 0 radical (unpaired) electrons. The summed E-state index contributed by atoms with van der Waals surface area (Å²) in [5.74, 6) is 0.398. The molecule has 1 unspecified atom stereocenters. The summed E-state index contributed by atoms with van der Waals surface area (Å²) in [6.07, 6.45) is 0.688. The van der Waals surface area contributed by atoms with Gasteiger partial charge in [-0.1, -0.05) is 0 Å². The Morgan fingerprint density at radius 3 is 2.38 bits per heavy atom. The van der Waals surface area contributed by atoms with Gasteiger partial charge in [-0.2, -0.15) is 0 Å². The van der Waals surface area contributed by atoms with E-state index in [0.717, 1.165) is 5.75 Å². The summed E-state index contributed by atoms with van der Waals surface area (Å²) in [6, 6.07) is 6.94. The van der Waals surface area contributed by atoms with E-state index in [-0.39, 0.29) is 31.4 Å². The van der Waals surface area contributed by atoms with Crippen molar-refractivity contribution in [1.82, 2.24) is 5.32 Å². The first-order chi connectivity index (χ1) is 10.0. The minimum Gasteiger partial charge on any atom is -0.497 e. The van der Waals surface area contributed by atoms with Crippen LogP contribution in [0.25, 0.3) is 0 Å². The van der Waals surface area contributed by atoms with Gasteiger partial charge in [0.1, 0.15) is 11.5 Å². The van der Waals surface area contributed by atoms with Crippen molar-refractivity contribution in [2.24, 2.45) is 0 Å². The minimum atomic E-state index is -0.862. The molecule has 6 nitrogen and oxygen atoms in total. The van der Waals surface area contributed by atoms with Crippen molar-refractivity contribution in [3.8, 4) is 11.5 Å². The normalized spacial score (nSPS) is 11.5. The number of hydrogen-bond donors (Lipinski definition) is 2. The fourth-order valence-corrected chi connectivity index (χ4v) is 1.69. The van der Waals surface area contributed by atoms with E-state index in [1.807, 2.05) is 0 Å². The Bertz CT molecular complexity index is 458. The molecule has 1 amide bonds. The lowest BCUT2D eigenvalue weighted by Gasteiger charge is -2.13. The fourth-order valence-electron chi connectivity index (χ4n) is 1.69. The summed E-state index contributed by atoms with van der Waals surface area (Å²) in [7, 11) is 1.59. The highest BCUT2D eigenvalue weighted by atomic mass is 16.5. The van der Waals surface area contributed by atoms with Crippen molar-refractivity contribution in [2.45, 2.75) is 32.2 Å². The highest BCUT2D eigenvalue weighted by Crippen LogP contribution is 2.16. The monoisotopic (exact) mass is 295 g/mol. The number of nitrogens with one attached hydrogen (secondary N) is 1. The number of carbonyl (C=O) groups is 2. The Labute approximate surface area is 124 Å². The third kappa shape index (κ3) is 7.20. The van der Waals surface area contributed by atoms with Crippen LogP contribution in [0.1, 0.15) is 26.2 Å². The topological polar surface area (TPSA) is 84.9 Å². The molecule has 1 rings (SSSR count). The lowest BCUT2D eigenvalue weighted by Crippen LogP contribution is -2.33. The first-order valence-corrected chi connectivity index (χ1v) is 6.79. The summed E-state index contributed by atoms with van der Waals surface area (Å²) in [5.41, 5.74) is 0. The van der Waals surface area contributed by atoms with E-state index in [9.17, 15) is 9.59 Å². The van der Waals surface area contributed by atoms with Crippen LogP contribution >= 0.6 is 0 Å². The van der Waals surface area contributed by atoms with Gasteiger partial charge in [-0.3, -0.25) is 9.59 Å². The highest BCUT2D eigenvalue weighted by Gasteiger charge is 2.09. The molecule has 2 N–H and O–H groups in total.